The van der Waals surface area contributed by atoms with Crippen LogP contribution in [0.2, 0.25) is 0 Å². The van der Waals surface area contributed by atoms with Gasteiger partial charge >= 0.3 is 0 Å². The SMILES string of the molecule is CN(C)CCNC(=O)c1cccc(-c2cnc3c(NC=O)cc(-c4ccc(S(C)(=O)=O)cc4)cn23)c1. The van der Waals surface area contributed by atoms with Gasteiger partial charge in [-0.2, -0.15) is 0 Å². The standard InChI is InChI=1S/C26H27N5O4S/c1-30(2)12-11-27-26(33)20-6-4-5-19(13-20)24-15-28-25-23(29-17-32)14-21(16-31(24)25)18-7-9-22(10-8-18)36(3,34)35/h4-10,13-17H,11-12H2,1-3H3,(H,27,33)(H,29,32). The predicted octanol–water partition coefficient (Wildman–Crippen LogP) is 2.93. The Hall–Kier alpha value is -4.02. The molecule has 0 aliphatic rings. The molecule has 9 nitrogen and oxygen atoms in total. The van der Waals surface area contributed by atoms with Gasteiger partial charge in [0.05, 0.1) is 22.5 Å². The second kappa shape index (κ2) is 10.3. The number of hydrogen-bond acceptors (Lipinski definition) is 6. The van der Waals surface area contributed by atoms with E-state index < -0.39 is 9.84 Å². The van der Waals surface area contributed by atoms with Crippen molar-refractivity contribution < 1.29 is 18.0 Å². The molecule has 0 saturated carbocycles. The summed E-state index contributed by atoms with van der Waals surface area (Å²) in [6.45, 7) is 1.27. The number of imidazole rings is 1. The van der Waals surface area contributed by atoms with Crippen molar-refractivity contribution in [3.05, 3.63) is 72.6 Å². The van der Waals surface area contributed by atoms with Gasteiger partial charge in [0.25, 0.3) is 5.91 Å². The van der Waals surface area contributed by atoms with Crippen molar-refractivity contribution >= 4 is 33.5 Å². The summed E-state index contributed by atoms with van der Waals surface area (Å²) in [5.41, 5.74) is 4.60. The summed E-state index contributed by atoms with van der Waals surface area (Å²) in [7, 11) is 0.571. The average Bonchev–Trinajstić information content (AvgIpc) is 3.28. The molecule has 4 aromatic rings. The molecule has 0 unspecified atom stereocenters. The topological polar surface area (TPSA) is 113 Å². The number of amides is 2. The highest BCUT2D eigenvalue weighted by Crippen LogP contribution is 2.31. The van der Waals surface area contributed by atoms with Gasteiger partial charge in [0, 0.05) is 42.2 Å². The van der Waals surface area contributed by atoms with Gasteiger partial charge in [0.2, 0.25) is 6.41 Å². The molecule has 2 aromatic carbocycles. The highest BCUT2D eigenvalue weighted by molar-refractivity contribution is 7.90. The Balaban J connectivity index is 1.75. The van der Waals surface area contributed by atoms with E-state index in [0.717, 1.165) is 35.2 Å². The van der Waals surface area contributed by atoms with Gasteiger partial charge in [0.1, 0.15) is 0 Å². The monoisotopic (exact) mass is 505 g/mol. The molecule has 0 atom stereocenters. The maximum atomic E-state index is 12.6. The Labute approximate surface area is 209 Å². The number of carbonyl (C=O) groups excluding carboxylic acids is 2. The van der Waals surface area contributed by atoms with Gasteiger partial charge in [-0.05, 0) is 50.0 Å². The van der Waals surface area contributed by atoms with E-state index in [9.17, 15) is 18.0 Å². The molecule has 2 heterocycles. The van der Waals surface area contributed by atoms with Crippen LogP contribution in [0.4, 0.5) is 5.69 Å². The van der Waals surface area contributed by atoms with Crippen molar-refractivity contribution in [1.82, 2.24) is 19.6 Å². The summed E-state index contributed by atoms with van der Waals surface area (Å²) in [5, 5.41) is 5.61. The van der Waals surface area contributed by atoms with Crippen LogP contribution in [0.15, 0.2) is 71.9 Å². The average molecular weight is 506 g/mol. The maximum Gasteiger partial charge on any atom is 0.251 e. The smallest absolute Gasteiger partial charge is 0.251 e. The van der Waals surface area contributed by atoms with Crippen molar-refractivity contribution in [2.75, 3.05) is 38.8 Å². The van der Waals surface area contributed by atoms with Crippen LogP contribution in [0.25, 0.3) is 28.0 Å². The minimum atomic E-state index is -3.32. The molecule has 186 valence electrons. The van der Waals surface area contributed by atoms with Crippen LogP contribution in [-0.2, 0) is 14.6 Å². The maximum absolute atomic E-state index is 12.6. The van der Waals surface area contributed by atoms with Crippen molar-refractivity contribution in [1.29, 1.82) is 0 Å². The van der Waals surface area contributed by atoms with Gasteiger partial charge in [-0.1, -0.05) is 24.3 Å². The molecule has 0 bridgehead atoms. The summed E-state index contributed by atoms with van der Waals surface area (Å²) in [5.74, 6) is -0.164. The predicted molar refractivity (Wildman–Crippen MR) is 140 cm³/mol. The minimum Gasteiger partial charge on any atom is -0.351 e. The van der Waals surface area contributed by atoms with Crippen molar-refractivity contribution in [2.45, 2.75) is 4.90 Å². The van der Waals surface area contributed by atoms with Gasteiger partial charge in [-0.15, -0.1) is 0 Å². The molecule has 0 aliphatic heterocycles. The molecule has 0 saturated heterocycles. The van der Waals surface area contributed by atoms with Crippen LogP contribution < -0.4 is 10.6 Å². The Kier molecular flexibility index (Phi) is 7.18. The van der Waals surface area contributed by atoms with E-state index in [1.807, 2.05) is 41.7 Å². The second-order valence-electron chi connectivity index (χ2n) is 8.68. The third-order valence-corrected chi connectivity index (χ3v) is 6.83. The van der Waals surface area contributed by atoms with E-state index >= 15 is 0 Å². The van der Waals surface area contributed by atoms with Gasteiger partial charge in [-0.3, -0.25) is 14.0 Å². The molecule has 10 heteroatoms. The molecule has 0 radical (unpaired) electrons. The zero-order valence-corrected chi connectivity index (χ0v) is 21.0. The van der Waals surface area contributed by atoms with E-state index in [0.29, 0.717) is 29.9 Å². The molecule has 2 N–H and O–H groups in total. The molecule has 36 heavy (non-hydrogen) atoms. The highest BCUT2D eigenvalue weighted by Gasteiger charge is 2.15. The number of nitrogens with zero attached hydrogens (tertiary/aromatic N) is 3. The number of likely N-dealkylation sites (N-methyl/N-ethyl adjacent to an activating group) is 1. The lowest BCUT2D eigenvalue weighted by Gasteiger charge is -2.12. The second-order valence-corrected chi connectivity index (χ2v) is 10.7. The Morgan fingerprint density at radius 1 is 1.06 bits per heavy atom. The third kappa shape index (κ3) is 5.45. The Morgan fingerprint density at radius 3 is 2.47 bits per heavy atom. The molecule has 2 amide bonds. The zero-order valence-electron chi connectivity index (χ0n) is 20.2. The number of carbonyl (C=O) groups is 2. The Bertz CT molecular complexity index is 1530. The number of pyridine rings is 1. The lowest BCUT2D eigenvalue weighted by atomic mass is 10.1. The number of sulfone groups is 1. The summed E-state index contributed by atoms with van der Waals surface area (Å²) >= 11 is 0. The van der Waals surface area contributed by atoms with Gasteiger partial charge in [0.15, 0.2) is 15.5 Å². The van der Waals surface area contributed by atoms with Crippen LogP contribution in [0, 0.1) is 0 Å². The fourth-order valence-electron chi connectivity index (χ4n) is 3.84. The molecule has 2 aromatic heterocycles. The van der Waals surface area contributed by atoms with Crippen LogP contribution in [0.3, 0.4) is 0 Å². The first-order valence-corrected chi connectivity index (χ1v) is 13.1. The summed E-state index contributed by atoms with van der Waals surface area (Å²) < 4.78 is 25.5. The van der Waals surface area contributed by atoms with Crippen molar-refractivity contribution in [3.8, 4) is 22.4 Å². The van der Waals surface area contributed by atoms with Crippen LogP contribution in [0.5, 0.6) is 0 Å². The fraction of sp³-hybridized carbons (Fsp3) is 0.192. The minimum absolute atomic E-state index is 0.164. The number of aromatic nitrogens is 2. The molecule has 0 spiro atoms. The number of nitrogens with one attached hydrogen (secondary N) is 2. The number of anilines is 1. The van der Waals surface area contributed by atoms with E-state index in [1.54, 1.807) is 48.7 Å². The summed E-state index contributed by atoms with van der Waals surface area (Å²) in [6, 6.07) is 15.6. The largest absolute Gasteiger partial charge is 0.351 e. The van der Waals surface area contributed by atoms with E-state index in [2.05, 4.69) is 15.6 Å². The van der Waals surface area contributed by atoms with E-state index in [4.69, 9.17) is 0 Å². The highest BCUT2D eigenvalue weighted by atomic mass is 32.2. The quantitative estimate of drug-likeness (QED) is 0.338. The number of rotatable bonds is 9. The lowest BCUT2D eigenvalue weighted by molar-refractivity contribution is -0.105. The van der Waals surface area contributed by atoms with Crippen LogP contribution in [0.1, 0.15) is 10.4 Å². The normalized spacial score (nSPS) is 11.6. The van der Waals surface area contributed by atoms with Crippen LogP contribution in [-0.4, -0.2) is 68.5 Å². The number of benzene rings is 2. The van der Waals surface area contributed by atoms with Crippen molar-refractivity contribution in [3.63, 3.8) is 0 Å². The first-order valence-electron chi connectivity index (χ1n) is 11.2. The van der Waals surface area contributed by atoms with E-state index in [-0.39, 0.29) is 10.8 Å². The molecular weight excluding hydrogens is 478 g/mol. The van der Waals surface area contributed by atoms with Gasteiger partial charge < -0.3 is 15.5 Å². The van der Waals surface area contributed by atoms with Crippen LogP contribution >= 0.6 is 0 Å². The molecule has 4 rings (SSSR count). The third-order valence-electron chi connectivity index (χ3n) is 5.70. The molecule has 0 aliphatic carbocycles. The Morgan fingerprint density at radius 2 is 1.81 bits per heavy atom. The number of hydrogen-bond donors (Lipinski definition) is 2. The summed E-state index contributed by atoms with van der Waals surface area (Å²) in [6.07, 6.45) is 5.30. The first kappa shape index (κ1) is 25.1. The number of fused-ring (bicyclic) bond motifs is 1. The van der Waals surface area contributed by atoms with E-state index in [1.165, 1.54) is 0 Å². The zero-order chi connectivity index (χ0) is 25.9. The van der Waals surface area contributed by atoms with Gasteiger partial charge in [-0.25, -0.2) is 13.4 Å². The lowest BCUT2D eigenvalue weighted by Crippen LogP contribution is -2.31. The van der Waals surface area contributed by atoms with Crippen molar-refractivity contribution in [2.24, 2.45) is 0 Å². The molecule has 0 fully saturated rings. The fourth-order valence-corrected chi connectivity index (χ4v) is 4.47. The molecular formula is C26H27N5O4S. The summed E-state index contributed by atoms with van der Waals surface area (Å²) in [4.78, 5) is 30.6. The first-order chi connectivity index (χ1) is 17.2.